The first kappa shape index (κ1) is 15.5. The van der Waals surface area contributed by atoms with Gasteiger partial charge in [-0.25, -0.2) is 0 Å². The zero-order chi connectivity index (χ0) is 17.8. The smallest absolute Gasteiger partial charge is 0.228 e. The molecule has 0 spiro atoms. The monoisotopic (exact) mass is 328 g/mol. The Morgan fingerprint density at radius 1 is 1.12 bits per heavy atom. The number of rotatable bonds is 0. The minimum absolute atomic E-state index is 0.00415. The van der Waals surface area contributed by atoms with Crippen LogP contribution in [0.2, 0.25) is 0 Å². The van der Waals surface area contributed by atoms with Gasteiger partial charge in [-0.1, -0.05) is 32.8 Å². The van der Waals surface area contributed by atoms with Gasteiger partial charge in [0.1, 0.15) is 0 Å². The summed E-state index contributed by atoms with van der Waals surface area (Å²) >= 11 is 0. The Labute approximate surface area is 147 Å². The van der Waals surface area contributed by atoms with Crippen molar-refractivity contribution in [1.29, 1.82) is 0 Å². The number of aromatic amines is 1. The lowest BCUT2D eigenvalue weighted by Crippen LogP contribution is -2.13. The Hall–Kier alpha value is -2.99. The first-order valence-electron chi connectivity index (χ1n) is 8.43. The molecule has 0 unspecified atom stereocenters. The van der Waals surface area contributed by atoms with Crippen molar-refractivity contribution in [2.45, 2.75) is 32.6 Å². The number of H-pyrrole nitrogens is 1. The number of hydrogen-bond donors (Lipinski definition) is 2. The predicted octanol–water partition coefficient (Wildman–Crippen LogP) is 4.61. The summed E-state index contributed by atoms with van der Waals surface area (Å²) in [4.78, 5) is 15.9. The highest BCUT2D eigenvalue weighted by Crippen LogP contribution is 2.39. The molecule has 0 saturated carbocycles. The molecule has 0 saturated heterocycles. The number of anilines is 1. The summed E-state index contributed by atoms with van der Waals surface area (Å²) in [5, 5.41) is 4.10. The lowest BCUT2D eigenvalue weighted by molar-refractivity contribution is -0.115. The maximum atomic E-state index is 12.4. The molecule has 3 aromatic rings. The van der Waals surface area contributed by atoms with E-state index in [1.807, 2.05) is 18.2 Å². The zero-order valence-electron chi connectivity index (χ0n) is 14.7. The van der Waals surface area contributed by atoms with Crippen molar-refractivity contribution < 1.29 is 4.79 Å². The van der Waals surface area contributed by atoms with Crippen LogP contribution in [0.4, 0.5) is 5.69 Å². The van der Waals surface area contributed by atoms with Crippen molar-refractivity contribution in [2.24, 2.45) is 0 Å². The van der Waals surface area contributed by atoms with Gasteiger partial charge in [0.25, 0.3) is 0 Å². The van der Waals surface area contributed by atoms with E-state index in [2.05, 4.69) is 55.2 Å². The summed E-state index contributed by atoms with van der Waals surface area (Å²) in [6, 6.07) is 12.1. The number of carbonyl (C=O) groups is 1. The lowest BCUT2D eigenvalue weighted by Gasteiger charge is -2.19. The number of benzene rings is 2. The molecule has 2 aromatic carbocycles. The van der Waals surface area contributed by atoms with Gasteiger partial charge in [0.2, 0.25) is 5.91 Å². The number of terminal acetylenes is 1. The first-order chi connectivity index (χ1) is 11.9. The highest BCUT2D eigenvalue weighted by molar-refractivity contribution is 6.05. The molecule has 124 valence electrons. The fourth-order valence-electron chi connectivity index (χ4n) is 3.43. The number of carbonyl (C=O) groups excluding carboxylic acids is 1. The fraction of sp³-hybridized carbons (Fsp3) is 0.227. The van der Waals surface area contributed by atoms with Crippen molar-refractivity contribution in [3.63, 3.8) is 0 Å². The van der Waals surface area contributed by atoms with E-state index >= 15 is 0 Å². The Bertz CT molecular complexity index is 1060. The highest BCUT2D eigenvalue weighted by Gasteiger charge is 2.24. The molecule has 1 amide bonds. The van der Waals surface area contributed by atoms with Gasteiger partial charge < -0.3 is 10.3 Å². The molecule has 2 N–H and O–H groups in total. The SMILES string of the molecule is C#Cc1ccc2c(c1)-c1[nH]c3ccc(C(C)(C)C)cc3c1CC(=O)N2. The van der Waals surface area contributed by atoms with Gasteiger partial charge in [-0.2, -0.15) is 0 Å². The molecular formula is C22H20N2O. The minimum atomic E-state index is -0.00415. The van der Waals surface area contributed by atoms with E-state index in [0.717, 1.165) is 39.0 Å². The van der Waals surface area contributed by atoms with Gasteiger partial charge in [-0.15, -0.1) is 6.42 Å². The topological polar surface area (TPSA) is 44.9 Å². The molecule has 1 aliphatic heterocycles. The Kier molecular flexibility index (Phi) is 3.27. The fourth-order valence-corrected chi connectivity index (χ4v) is 3.43. The molecule has 1 aromatic heterocycles. The maximum Gasteiger partial charge on any atom is 0.228 e. The van der Waals surface area contributed by atoms with Crippen LogP contribution in [0.3, 0.4) is 0 Å². The number of nitrogens with one attached hydrogen (secondary N) is 2. The third kappa shape index (κ3) is 2.51. The molecule has 0 radical (unpaired) electrons. The van der Waals surface area contributed by atoms with Gasteiger partial charge in [0.15, 0.2) is 0 Å². The van der Waals surface area contributed by atoms with E-state index in [9.17, 15) is 4.79 Å². The predicted molar refractivity (Wildman–Crippen MR) is 103 cm³/mol. The van der Waals surface area contributed by atoms with Crippen LogP contribution in [0.1, 0.15) is 37.5 Å². The molecule has 0 fully saturated rings. The van der Waals surface area contributed by atoms with E-state index in [0.29, 0.717) is 6.42 Å². The molecule has 0 bridgehead atoms. The first-order valence-corrected chi connectivity index (χ1v) is 8.43. The van der Waals surface area contributed by atoms with Crippen molar-refractivity contribution in [1.82, 2.24) is 4.98 Å². The summed E-state index contributed by atoms with van der Waals surface area (Å²) in [7, 11) is 0. The number of fused-ring (bicyclic) bond motifs is 5. The largest absolute Gasteiger partial charge is 0.354 e. The van der Waals surface area contributed by atoms with E-state index in [1.165, 1.54) is 5.56 Å². The quantitative estimate of drug-likeness (QED) is 0.582. The molecule has 2 heterocycles. The molecule has 4 rings (SSSR count). The van der Waals surface area contributed by atoms with Crippen LogP contribution >= 0.6 is 0 Å². The third-order valence-corrected chi connectivity index (χ3v) is 4.84. The molecule has 25 heavy (non-hydrogen) atoms. The van der Waals surface area contributed by atoms with Gasteiger partial charge >= 0.3 is 0 Å². The van der Waals surface area contributed by atoms with Crippen molar-refractivity contribution in [2.75, 3.05) is 5.32 Å². The van der Waals surface area contributed by atoms with Crippen LogP contribution in [0, 0.1) is 12.3 Å². The lowest BCUT2D eigenvalue weighted by atomic mass is 9.86. The normalized spacial score (nSPS) is 13.6. The zero-order valence-corrected chi connectivity index (χ0v) is 14.7. The molecule has 1 aliphatic rings. The van der Waals surface area contributed by atoms with Crippen LogP contribution in [-0.2, 0) is 16.6 Å². The van der Waals surface area contributed by atoms with Gasteiger partial charge in [-0.05, 0) is 46.9 Å². The molecule has 0 atom stereocenters. The van der Waals surface area contributed by atoms with Crippen LogP contribution in [-0.4, -0.2) is 10.9 Å². The Balaban J connectivity index is 2.03. The number of hydrogen-bond acceptors (Lipinski definition) is 1. The second-order valence-electron chi connectivity index (χ2n) is 7.62. The Morgan fingerprint density at radius 3 is 2.64 bits per heavy atom. The summed E-state index contributed by atoms with van der Waals surface area (Å²) < 4.78 is 0. The second-order valence-corrected chi connectivity index (χ2v) is 7.62. The van der Waals surface area contributed by atoms with E-state index in [4.69, 9.17) is 6.42 Å². The van der Waals surface area contributed by atoms with Gasteiger partial charge in [0, 0.05) is 22.0 Å². The van der Waals surface area contributed by atoms with Crippen molar-refractivity contribution >= 4 is 22.5 Å². The minimum Gasteiger partial charge on any atom is -0.354 e. The molecule has 3 heteroatoms. The van der Waals surface area contributed by atoms with Crippen molar-refractivity contribution in [3.05, 3.63) is 53.1 Å². The van der Waals surface area contributed by atoms with Crippen molar-refractivity contribution in [3.8, 4) is 23.6 Å². The van der Waals surface area contributed by atoms with E-state index in [-0.39, 0.29) is 11.3 Å². The van der Waals surface area contributed by atoms with E-state index < -0.39 is 0 Å². The Morgan fingerprint density at radius 2 is 1.92 bits per heavy atom. The molecular weight excluding hydrogens is 308 g/mol. The average molecular weight is 328 g/mol. The third-order valence-electron chi connectivity index (χ3n) is 4.84. The van der Waals surface area contributed by atoms with Crippen LogP contribution in [0.15, 0.2) is 36.4 Å². The van der Waals surface area contributed by atoms with Crippen LogP contribution < -0.4 is 5.32 Å². The van der Waals surface area contributed by atoms with Crippen LogP contribution in [0.5, 0.6) is 0 Å². The second kappa shape index (κ2) is 5.26. The van der Waals surface area contributed by atoms with E-state index in [1.54, 1.807) is 0 Å². The molecule has 0 aliphatic carbocycles. The summed E-state index contributed by atoms with van der Waals surface area (Å²) in [5.41, 5.74) is 6.91. The summed E-state index contributed by atoms with van der Waals surface area (Å²) in [5.74, 6) is 2.67. The average Bonchev–Trinajstić information content (AvgIpc) is 2.85. The summed E-state index contributed by atoms with van der Waals surface area (Å²) in [6.07, 6.45) is 5.91. The van der Waals surface area contributed by atoms with Gasteiger partial charge in [0.05, 0.1) is 17.8 Å². The number of aromatic nitrogens is 1. The maximum absolute atomic E-state index is 12.4. The molecule has 3 nitrogen and oxygen atoms in total. The van der Waals surface area contributed by atoms with Gasteiger partial charge in [-0.3, -0.25) is 4.79 Å². The standard InChI is InChI=1S/C22H20N2O/c1-5-13-6-8-19-17(10-13)21-16(12-20(25)23-19)15-11-14(22(2,3)4)7-9-18(15)24-21/h1,6-11,24H,12H2,2-4H3,(H,23,25). The highest BCUT2D eigenvalue weighted by atomic mass is 16.1. The number of amides is 1. The summed E-state index contributed by atoms with van der Waals surface area (Å²) in [6.45, 7) is 6.59. The van der Waals surface area contributed by atoms with Crippen LogP contribution in [0.25, 0.3) is 22.2 Å².